The number of anilines is 1. The van der Waals surface area contributed by atoms with Crippen molar-refractivity contribution in [3.8, 4) is 0 Å². The zero-order valence-electron chi connectivity index (χ0n) is 12.5. The smallest absolute Gasteiger partial charge is 0.339 e. The van der Waals surface area contributed by atoms with Crippen LogP contribution in [0.3, 0.4) is 0 Å². The molecule has 2 aromatic rings. The highest BCUT2D eigenvalue weighted by Crippen LogP contribution is 2.63. The molecule has 4 bridgehead atoms. The molecule has 5 rings (SSSR count). The molecule has 22 heavy (non-hydrogen) atoms. The molecular formula is C19H17NO2. The number of hydrogen-bond donors (Lipinski definition) is 0. The maximum absolute atomic E-state index is 12.9. The summed E-state index contributed by atoms with van der Waals surface area (Å²) in [6, 6.07) is 18.5. The topological polar surface area (TPSA) is 29.5 Å². The molecule has 3 nitrogen and oxygen atoms in total. The summed E-state index contributed by atoms with van der Waals surface area (Å²) in [5, 5.41) is 0. The van der Waals surface area contributed by atoms with Gasteiger partial charge in [-0.2, -0.15) is 0 Å². The van der Waals surface area contributed by atoms with Gasteiger partial charge in [-0.05, 0) is 30.5 Å². The van der Waals surface area contributed by atoms with E-state index in [1.54, 1.807) is 0 Å². The van der Waals surface area contributed by atoms with Crippen LogP contribution in [0.2, 0.25) is 0 Å². The lowest BCUT2D eigenvalue weighted by Crippen LogP contribution is -2.52. The van der Waals surface area contributed by atoms with Gasteiger partial charge in [0.25, 0.3) is 0 Å². The second-order valence-corrected chi connectivity index (χ2v) is 6.77. The Balaban J connectivity index is 1.83. The van der Waals surface area contributed by atoms with Gasteiger partial charge in [0.2, 0.25) is 0 Å². The Bertz CT molecular complexity index is 787. The fraction of sp³-hybridized carbons (Fsp3) is 0.316. The van der Waals surface area contributed by atoms with Crippen molar-refractivity contribution >= 4 is 11.7 Å². The second kappa shape index (κ2) is 3.72. The average Bonchev–Trinajstić information content (AvgIpc) is 2.86. The Hall–Kier alpha value is -2.29. The molecule has 3 aliphatic rings. The van der Waals surface area contributed by atoms with E-state index in [4.69, 9.17) is 4.74 Å². The van der Waals surface area contributed by atoms with E-state index < -0.39 is 11.3 Å². The summed E-state index contributed by atoms with van der Waals surface area (Å²) in [7, 11) is 0. The molecule has 0 aliphatic carbocycles. The van der Waals surface area contributed by atoms with Crippen LogP contribution in [0.5, 0.6) is 0 Å². The number of nitrogens with zero attached hydrogens (tertiary/aromatic N) is 1. The van der Waals surface area contributed by atoms with Gasteiger partial charge < -0.3 is 9.64 Å². The first-order chi connectivity index (χ1) is 10.7. The third kappa shape index (κ3) is 1.18. The summed E-state index contributed by atoms with van der Waals surface area (Å²) in [5.74, 6) is 0.183. The highest BCUT2D eigenvalue weighted by Gasteiger charge is 2.73. The van der Waals surface area contributed by atoms with Gasteiger partial charge in [0, 0.05) is 18.0 Å². The molecule has 2 saturated heterocycles. The second-order valence-electron chi connectivity index (χ2n) is 6.77. The highest BCUT2D eigenvalue weighted by molar-refractivity contribution is 5.94. The minimum atomic E-state index is -0.648. The predicted molar refractivity (Wildman–Crippen MR) is 83.3 cm³/mol. The quantitative estimate of drug-likeness (QED) is 0.755. The van der Waals surface area contributed by atoms with Crippen LogP contribution in [-0.4, -0.2) is 11.7 Å². The number of esters is 1. The highest BCUT2D eigenvalue weighted by atomic mass is 16.6. The van der Waals surface area contributed by atoms with Gasteiger partial charge in [-0.15, -0.1) is 0 Å². The van der Waals surface area contributed by atoms with Crippen LogP contribution < -0.4 is 4.90 Å². The Labute approximate surface area is 129 Å². The molecule has 0 amide bonds. The van der Waals surface area contributed by atoms with Crippen LogP contribution in [-0.2, 0) is 21.5 Å². The molecule has 3 atom stereocenters. The molecule has 0 spiro atoms. The number of fused-ring (bicyclic) bond motifs is 1. The van der Waals surface area contributed by atoms with Gasteiger partial charge >= 0.3 is 5.97 Å². The molecule has 0 radical (unpaired) electrons. The number of ether oxygens (including phenoxy) is 1. The minimum absolute atomic E-state index is 0.0908. The van der Waals surface area contributed by atoms with Crippen LogP contribution in [0.25, 0.3) is 0 Å². The van der Waals surface area contributed by atoms with E-state index in [1.165, 1.54) is 5.56 Å². The summed E-state index contributed by atoms with van der Waals surface area (Å²) in [6.45, 7) is 2.05. The van der Waals surface area contributed by atoms with Gasteiger partial charge in [-0.1, -0.05) is 48.5 Å². The number of carbonyl (C=O) groups excluding carboxylic acids is 1. The minimum Gasteiger partial charge on any atom is -0.437 e. The molecular weight excluding hydrogens is 274 g/mol. The molecule has 2 fully saturated rings. The van der Waals surface area contributed by atoms with E-state index in [2.05, 4.69) is 42.2 Å². The first kappa shape index (κ1) is 12.3. The summed E-state index contributed by atoms with van der Waals surface area (Å²) >= 11 is 0. The van der Waals surface area contributed by atoms with Crippen molar-refractivity contribution in [3.05, 3.63) is 65.7 Å². The van der Waals surface area contributed by atoms with E-state index in [9.17, 15) is 4.79 Å². The lowest BCUT2D eigenvalue weighted by atomic mass is 9.72. The summed E-state index contributed by atoms with van der Waals surface area (Å²) in [6.07, 6.45) is 1.83. The van der Waals surface area contributed by atoms with Crippen LogP contribution in [0.15, 0.2) is 54.6 Å². The Morgan fingerprint density at radius 3 is 2.64 bits per heavy atom. The van der Waals surface area contributed by atoms with Gasteiger partial charge in [-0.25, -0.2) is 4.79 Å². The standard InChI is InChI=1S/C19H17NO2/c1-18-12-15-11-13-7-5-6-10-16(13)20(18)19(15,17(21)22-18)14-8-3-2-4-9-14/h2-10,15H,11-12H2,1H3. The van der Waals surface area contributed by atoms with Gasteiger partial charge in [-0.3, -0.25) is 0 Å². The lowest BCUT2D eigenvalue weighted by Gasteiger charge is -2.42. The van der Waals surface area contributed by atoms with E-state index >= 15 is 0 Å². The van der Waals surface area contributed by atoms with Crippen LogP contribution in [0.1, 0.15) is 24.5 Å². The van der Waals surface area contributed by atoms with Crippen molar-refractivity contribution in [3.63, 3.8) is 0 Å². The van der Waals surface area contributed by atoms with Crippen molar-refractivity contribution in [2.45, 2.75) is 31.0 Å². The van der Waals surface area contributed by atoms with Crippen molar-refractivity contribution in [1.82, 2.24) is 0 Å². The number of rotatable bonds is 1. The van der Waals surface area contributed by atoms with E-state index in [0.717, 1.165) is 24.1 Å². The number of carbonyl (C=O) groups is 1. The molecule has 0 aromatic heterocycles. The first-order valence-corrected chi connectivity index (χ1v) is 7.83. The Morgan fingerprint density at radius 2 is 1.82 bits per heavy atom. The van der Waals surface area contributed by atoms with Crippen LogP contribution in [0.4, 0.5) is 5.69 Å². The summed E-state index contributed by atoms with van der Waals surface area (Å²) < 4.78 is 5.86. The van der Waals surface area contributed by atoms with Crippen LogP contribution in [0, 0.1) is 5.92 Å². The number of para-hydroxylation sites is 1. The number of benzene rings is 2. The molecule has 0 saturated carbocycles. The molecule has 3 heterocycles. The third-order valence-electron chi connectivity index (χ3n) is 5.58. The SMILES string of the molecule is CC12CC3Cc4ccccc4N1C3(c1ccccc1)C(=O)O2. The maximum Gasteiger partial charge on any atom is 0.339 e. The van der Waals surface area contributed by atoms with E-state index in [1.807, 2.05) is 24.3 Å². The summed E-state index contributed by atoms with van der Waals surface area (Å²) in [4.78, 5) is 15.2. The monoisotopic (exact) mass is 291 g/mol. The Morgan fingerprint density at radius 1 is 1.09 bits per heavy atom. The zero-order chi connectivity index (χ0) is 14.9. The summed E-state index contributed by atoms with van der Waals surface area (Å²) in [5.41, 5.74) is 2.35. The molecule has 3 heteroatoms. The fourth-order valence-electron chi connectivity index (χ4n) is 4.88. The molecule has 3 aliphatic heterocycles. The van der Waals surface area contributed by atoms with Crippen molar-refractivity contribution in [2.75, 3.05) is 4.90 Å². The number of hydrogen-bond acceptors (Lipinski definition) is 3. The maximum atomic E-state index is 12.9. The molecule has 110 valence electrons. The van der Waals surface area contributed by atoms with Crippen molar-refractivity contribution in [1.29, 1.82) is 0 Å². The predicted octanol–water partition coefficient (Wildman–Crippen LogP) is 3.24. The van der Waals surface area contributed by atoms with Gasteiger partial charge in [0.15, 0.2) is 11.3 Å². The molecule has 2 aromatic carbocycles. The van der Waals surface area contributed by atoms with Crippen LogP contribution >= 0.6 is 0 Å². The van der Waals surface area contributed by atoms with Crippen molar-refractivity contribution < 1.29 is 9.53 Å². The van der Waals surface area contributed by atoms with Gasteiger partial charge in [0.05, 0.1) is 0 Å². The van der Waals surface area contributed by atoms with E-state index in [0.29, 0.717) is 0 Å². The molecule has 3 unspecified atom stereocenters. The third-order valence-corrected chi connectivity index (χ3v) is 5.58. The molecule has 0 N–H and O–H groups in total. The first-order valence-electron chi connectivity index (χ1n) is 7.83. The van der Waals surface area contributed by atoms with Crippen molar-refractivity contribution in [2.24, 2.45) is 5.92 Å². The lowest BCUT2D eigenvalue weighted by molar-refractivity contribution is -0.158. The zero-order valence-corrected chi connectivity index (χ0v) is 12.5. The van der Waals surface area contributed by atoms with Gasteiger partial charge in [0.1, 0.15) is 0 Å². The Kier molecular flexibility index (Phi) is 2.08. The largest absolute Gasteiger partial charge is 0.437 e. The normalized spacial score (nSPS) is 34.5. The fourth-order valence-corrected chi connectivity index (χ4v) is 4.88. The van der Waals surface area contributed by atoms with E-state index in [-0.39, 0.29) is 11.9 Å². The average molecular weight is 291 g/mol.